The number of carbonyl (C=O) groups excluding carboxylic acids is 3. The van der Waals surface area contributed by atoms with Crippen LogP contribution in [0, 0.1) is 6.92 Å². The molecule has 0 saturated heterocycles. The summed E-state index contributed by atoms with van der Waals surface area (Å²) in [7, 11) is 1.44. The van der Waals surface area contributed by atoms with Crippen molar-refractivity contribution in [2.75, 3.05) is 25.6 Å². The lowest BCUT2D eigenvalue weighted by Gasteiger charge is -2.10. The average Bonchev–Trinajstić information content (AvgIpc) is 2.66. The fourth-order valence-corrected chi connectivity index (χ4v) is 2.47. The Balaban J connectivity index is 1.78. The van der Waals surface area contributed by atoms with Crippen LogP contribution in [0.4, 0.5) is 5.69 Å². The molecule has 0 atom stereocenters. The molecule has 27 heavy (non-hydrogen) atoms. The van der Waals surface area contributed by atoms with Gasteiger partial charge in [0.1, 0.15) is 12.3 Å². The van der Waals surface area contributed by atoms with Crippen LogP contribution in [0.1, 0.15) is 15.9 Å². The molecule has 0 aliphatic carbocycles. The fraction of sp³-hybridized carbons (Fsp3) is 0.211. The number of carbonyl (C=O) groups is 3. The lowest BCUT2D eigenvalue weighted by atomic mass is 10.2. The Morgan fingerprint density at radius 3 is 2.56 bits per heavy atom. The number of methoxy groups -OCH3 is 1. The van der Waals surface area contributed by atoms with Crippen molar-refractivity contribution in [3.05, 3.63) is 58.6 Å². The van der Waals surface area contributed by atoms with E-state index in [9.17, 15) is 14.4 Å². The van der Waals surface area contributed by atoms with Crippen LogP contribution >= 0.6 is 11.6 Å². The van der Waals surface area contributed by atoms with E-state index in [1.807, 2.05) is 6.92 Å². The highest BCUT2D eigenvalue weighted by molar-refractivity contribution is 6.33. The summed E-state index contributed by atoms with van der Waals surface area (Å²) in [6.45, 7) is 1.00. The Morgan fingerprint density at radius 2 is 1.85 bits per heavy atom. The molecule has 2 amide bonds. The Labute approximate surface area is 161 Å². The number of nitrogens with one attached hydrogen (secondary N) is 2. The second-order valence-corrected chi connectivity index (χ2v) is 5.98. The molecule has 0 saturated carbocycles. The van der Waals surface area contributed by atoms with Crippen LogP contribution < -0.4 is 15.4 Å². The van der Waals surface area contributed by atoms with Gasteiger partial charge in [0, 0.05) is 0 Å². The summed E-state index contributed by atoms with van der Waals surface area (Å²) in [6, 6.07) is 11.8. The number of anilines is 1. The monoisotopic (exact) mass is 390 g/mol. The van der Waals surface area contributed by atoms with Crippen LogP contribution in [0.25, 0.3) is 0 Å². The minimum Gasteiger partial charge on any atom is -0.496 e. The molecule has 0 bridgehead atoms. The third-order valence-electron chi connectivity index (χ3n) is 3.51. The van der Waals surface area contributed by atoms with E-state index in [1.165, 1.54) is 7.11 Å². The molecular formula is C19H19ClN2O5. The van der Waals surface area contributed by atoms with Crippen molar-refractivity contribution in [1.82, 2.24) is 5.32 Å². The van der Waals surface area contributed by atoms with Gasteiger partial charge in [-0.2, -0.15) is 0 Å². The summed E-state index contributed by atoms with van der Waals surface area (Å²) >= 11 is 6.02. The molecule has 142 valence electrons. The molecule has 2 aromatic rings. The minimum atomic E-state index is -0.747. The van der Waals surface area contributed by atoms with Crippen molar-refractivity contribution >= 4 is 35.1 Å². The SMILES string of the molecule is COc1ccccc1C(=O)NCC(=O)OCC(=O)Nc1ccc(C)cc1Cl. The molecule has 7 nitrogen and oxygen atoms in total. The van der Waals surface area contributed by atoms with Crippen LogP contribution in [0.5, 0.6) is 5.75 Å². The van der Waals surface area contributed by atoms with E-state index in [1.54, 1.807) is 42.5 Å². The number of ether oxygens (including phenoxy) is 2. The molecule has 2 N–H and O–H groups in total. The molecule has 2 rings (SSSR count). The number of hydrogen-bond donors (Lipinski definition) is 2. The number of benzene rings is 2. The van der Waals surface area contributed by atoms with Crippen LogP contribution in [0.15, 0.2) is 42.5 Å². The van der Waals surface area contributed by atoms with E-state index in [2.05, 4.69) is 10.6 Å². The lowest BCUT2D eigenvalue weighted by molar-refractivity contribution is -0.146. The summed E-state index contributed by atoms with van der Waals surface area (Å²) in [5.41, 5.74) is 1.67. The van der Waals surface area contributed by atoms with Crippen molar-refractivity contribution < 1.29 is 23.9 Å². The quantitative estimate of drug-likeness (QED) is 0.709. The number of para-hydroxylation sites is 1. The van der Waals surface area contributed by atoms with E-state index in [4.69, 9.17) is 21.1 Å². The van der Waals surface area contributed by atoms with E-state index in [0.29, 0.717) is 22.0 Å². The summed E-state index contributed by atoms with van der Waals surface area (Å²) in [4.78, 5) is 35.7. The second kappa shape index (κ2) is 9.59. The van der Waals surface area contributed by atoms with E-state index >= 15 is 0 Å². The van der Waals surface area contributed by atoms with Crippen molar-refractivity contribution in [3.63, 3.8) is 0 Å². The number of halogens is 1. The molecule has 0 unspecified atom stereocenters. The molecule has 8 heteroatoms. The first-order chi connectivity index (χ1) is 12.9. The highest BCUT2D eigenvalue weighted by Gasteiger charge is 2.14. The zero-order valence-corrected chi connectivity index (χ0v) is 15.6. The topological polar surface area (TPSA) is 93.7 Å². The molecule has 0 radical (unpaired) electrons. The van der Waals surface area contributed by atoms with Crippen molar-refractivity contribution in [1.29, 1.82) is 0 Å². The van der Waals surface area contributed by atoms with E-state index < -0.39 is 24.4 Å². The van der Waals surface area contributed by atoms with Crippen LogP contribution in [-0.2, 0) is 14.3 Å². The number of aryl methyl sites for hydroxylation is 1. The zero-order chi connectivity index (χ0) is 19.8. The van der Waals surface area contributed by atoms with Gasteiger partial charge in [0.2, 0.25) is 0 Å². The van der Waals surface area contributed by atoms with Gasteiger partial charge in [-0.25, -0.2) is 0 Å². The van der Waals surface area contributed by atoms with Crippen LogP contribution in [0.2, 0.25) is 5.02 Å². The summed E-state index contributed by atoms with van der Waals surface area (Å²) < 4.78 is 9.93. The van der Waals surface area contributed by atoms with E-state index in [-0.39, 0.29) is 6.54 Å². The van der Waals surface area contributed by atoms with Crippen molar-refractivity contribution in [2.24, 2.45) is 0 Å². The Morgan fingerprint density at radius 1 is 1.11 bits per heavy atom. The van der Waals surface area contributed by atoms with Crippen molar-refractivity contribution in [2.45, 2.75) is 6.92 Å². The first-order valence-electron chi connectivity index (χ1n) is 8.03. The Kier molecular flexibility index (Phi) is 7.19. The maximum Gasteiger partial charge on any atom is 0.325 e. The molecule has 0 fully saturated rings. The summed E-state index contributed by atoms with van der Waals surface area (Å²) in [5, 5.41) is 5.35. The minimum absolute atomic E-state index is 0.291. The average molecular weight is 391 g/mol. The maximum atomic E-state index is 12.1. The van der Waals surface area contributed by atoms with Crippen molar-refractivity contribution in [3.8, 4) is 5.75 Å². The van der Waals surface area contributed by atoms with Gasteiger partial charge in [0.25, 0.3) is 11.8 Å². The van der Waals surface area contributed by atoms with Gasteiger partial charge in [-0.1, -0.05) is 29.8 Å². The zero-order valence-electron chi connectivity index (χ0n) is 14.9. The standard InChI is InChI=1S/C19H19ClN2O5/c1-12-7-8-15(14(20)9-12)22-17(23)11-27-18(24)10-21-19(25)13-5-3-4-6-16(13)26-2/h3-9H,10-11H2,1-2H3,(H,21,25)(H,22,23). The maximum absolute atomic E-state index is 12.1. The molecule has 0 spiro atoms. The first-order valence-corrected chi connectivity index (χ1v) is 8.41. The van der Waals surface area contributed by atoms with E-state index in [0.717, 1.165) is 5.56 Å². The van der Waals surface area contributed by atoms with Gasteiger partial charge in [-0.05, 0) is 36.8 Å². The van der Waals surface area contributed by atoms with Gasteiger partial charge < -0.3 is 20.1 Å². The van der Waals surface area contributed by atoms with Crippen LogP contribution in [0.3, 0.4) is 0 Å². The fourth-order valence-electron chi connectivity index (χ4n) is 2.18. The molecular weight excluding hydrogens is 372 g/mol. The molecule has 0 aliphatic heterocycles. The number of hydrogen-bond acceptors (Lipinski definition) is 5. The highest BCUT2D eigenvalue weighted by atomic mass is 35.5. The predicted molar refractivity (Wildman–Crippen MR) is 101 cm³/mol. The Bertz CT molecular complexity index is 854. The van der Waals surface area contributed by atoms with Gasteiger partial charge in [-0.15, -0.1) is 0 Å². The summed E-state index contributed by atoms with van der Waals surface area (Å²) in [6.07, 6.45) is 0. The van der Waals surface area contributed by atoms with Gasteiger partial charge in [-0.3, -0.25) is 14.4 Å². The Hall–Kier alpha value is -3.06. The highest BCUT2D eigenvalue weighted by Crippen LogP contribution is 2.22. The number of rotatable bonds is 7. The first kappa shape index (κ1) is 20.3. The van der Waals surface area contributed by atoms with Gasteiger partial charge >= 0.3 is 5.97 Å². The van der Waals surface area contributed by atoms with Gasteiger partial charge in [0.15, 0.2) is 6.61 Å². The molecule has 0 heterocycles. The smallest absolute Gasteiger partial charge is 0.325 e. The third-order valence-corrected chi connectivity index (χ3v) is 3.82. The number of esters is 1. The molecule has 0 aromatic heterocycles. The second-order valence-electron chi connectivity index (χ2n) is 5.58. The molecule has 0 aliphatic rings. The normalized spacial score (nSPS) is 10.0. The largest absolute Gasteiger partial charge is 0.496 e. The predicted octanol–water partition coefficient (Wildman–Crippen LogP) is 2.57. The summed E-state index contributed by atoms with van der Waals surface area (Å²) in [5.74, 6) is -1.38. The van der Waals surface area contributed by atoms with Crippen LogP contribution in [-0.4, -0.2) is 38.0 Å². The third kappa shape index (κ3) is 6.00. The van der Waals surface area contributed by atoms with Gasteiger partial charge in [0.05, 0.1) is 23.4 Å². The molecule has 2 aromatic carbocycles. The lowest BCUT2D eigenvalue weighted by Crippen LogP contribution is -2.32. The number of amides is 2.